The summed E-state index contributed by atoms with van der Waals surface area (Å²) in [5.41, 5.74) is 15.0. The van der Waals surface area contributed by atoms with Crippen LogP contribution in [0.15, 0.2) is 170 Å². The molecule has 2 atom stereocenters. The molecule has 2 saturated heterocycles. The standard InChI is InChI=1S/C17H22NO.C16H20NO.C14H21NO.C13H20N2O.C9H11Br.C8H9Br.C7H7Br.C4H7Br.C4H6O.C4H8O.C3H7Br.C2H5Br.C2H4O.CH4O.12CH4.2Ru/c1-13-5-6-16-15(11-13)14(2)12-17(19-16)7-4-9-18(3)10-8-17;1-12-4-5-15-14(10-12)13(2)11-16(18-15)6-3-8-17-9-7-16;1-5-15(6-2)14(16)13-9-7-12(8-10-13)11(3)4;1-5-15(6-2)13(16)12-8-7-11(9-14-12)10(3)4;10-8-4-7-9-5-2-1-3-6-9;9-7-6-8-4-2-1-3-5-8;8-6-7-4-2-1-3-5-7;2*5-3-4-1-2-4;1-4(2)3-5;1-2-3-4;2*1-2-3;1-2;;;;;;;;;;;;;;/h5-6,12H,4,7-10H2,1-3H3;4-5,11,17H,3,6-9H2,1-2H3;7-11H,5-6H2,1-4H3;7-10H,5-6H2,1-4H3;1-3,5-6H,4,7-8H2;1-5H,6-7H2;1-5H,6H2;4H,1-3H2;3-4H,1-2H2;3-4H,1-2H3;2-3H2,1H3;2H2,1H3;2H,1H3;2H,1H3;12*1H4;;/q2*-1;;;;;;;;;;;;;;;;;;;;;;;;;2*+1. The van der Waals surface area contributed by atoms with E-state index in [0.717, 1.165) is 183 Å². The van der Waals surface area contributed by atoms with Crippen molar-refractivity contribution in [3.63, 3.8) is 0 Å². The van der Waals surface area contributed by atoms with Gasteiger partial charge in [-0.25, -0.2) is 0 Å². The molecule has 794 valence electrons. The Balaban J connectivity index is -0.0000000927. The molecule has 6 aliphatic rings. The first-order valence-electron chi connectivity index (χ1n) is 44.2. The molecule has 2 radical (unpaired) electrons. The van der Waals surface area contributed by atoms with Crippen LogP contribution >= 0.6 is 95.6 Å². The summed E-state index contributed by atoms with van der Waals surface area (Å²) in [6.45, 7) is 41.7. The van der Waals surface area contributed by atoms with E-state index in [4.69, 9.17) is 19.4 Å². The zero-order valence-electron chi connectivity index (χ0n) is 78.7. The molecule has 1 aromatic heterocycles. The molecule has 7 aromatic rings. The van der Waals surface area contributed by atoms with Gasteiger partial charge in [0.25, 0.3) is 11.8 Å². The van der Waals surface area contributed by atoms with Gasteiger partial charge in [-0.05, 0) is 202 Å². The average molecular weight is 2470 g/mol. The number of hydrogen-bond donors (Lipinski definition) is 2. The SMILES string of the molecule is BrCC1CC1.BrCCCc1ccccc1.BrCCc1ccccc1.BrCc1ccccc1.C.C.C.C.C.C.C.C.C.C.C.C.CC(C)C=O.CC1=CC2(CCCN(C)CC2)Oc2ccc(C)[c-]c21.CC1=CC2(CCCNCC2)Oc2ccc(C)[c-]c21.CC=O.CCBr.CCCBr.CCN(CC)C(=O)c1ccc(C(C)C)cc1.CCN(CC)C(=O)c1ccc(C(C)C)cn1.CO.O=CC1CC1.[Ru+].[Ru+]. The summed E-state index contributed by atoms with van der Waals surface area (Å²) in [5.74, 6) is 4.82. The number of alkyl halides is 6. The molecule has 5 heterocycles. The van der Waals surface area contributed by atoms with Crippen LogP contribution in [-0.4, -0.2) is 160 Å². The molecule has 2 unspecified atom stereocenters. The fourth-order valence-corrected chi connectivity index (χ4v) is 13.9. The van der Waals surface area contributed by atoms with Crippen molar-refractivity contribution in [1.29, 1.82) is 0 Å². The zero-order chi connectivity index (χ0) is 92.4. The van der Waals surface area contributed by atoms with Gasteiger partial charge < -0.3 is 49.0 Å². The summed E-state index contributed by atoms with van der Waals surface area (Å²) in [4.78, 5) is 62.1. The molecular formula is C116H199Br6N5O8Ru2. The van der Waals surface area contributed by atoms with Crippen molar-refractivity contribution in [3.05, 3.63) is 243 Å². The van der Waals surface area contributed by atoms with E-state index in [1.165, 1.54) is 108 Å². The number of carbonyl (C=O) groups excluding carboxylic acids is 5. The Kier molecular flexibility index (Phi) is 125. The normalized spacial score (nSPS) is 14.2. The average Bonchev–Trinajstić information content (AvgIpc) is 1.64. The van der Waals surface area contributed by atoms with Crippen LogP contribution in [0.5, 0.6) is 11.5 Å². The van der Waals surface area contributed by atoms with E-state index in [1.54, 1.807) is 11.1 Å². The van der Waals surface area contributed by atoms with E-state index in [9.17, 15) is 19.2 Å². The Hall–Kier alpha value is -4.49. The van der Waals surface area contributed by atoms with Gasteiger partial charge in [0, 0.05) is 120 Å². The first kappa shape index (κ1) is 166. The number of hydrogen-bond acceptors (Lipinski definition) is 11. The number of likely N-dealkylation sites (tertiary alicyclic amines) is 1. The second-order valence-corrected chi connectivity index (χ2v) is 36.0. The van der Waals surface area contributed by atoms with Crippen molar-refractivity contribution >= 4 is 137 Å². The molecule has 2 amide bonds. The van der Waals surface area contributed by atoms with Gasteiger partial charge in [0.1, 0.15) is 35.8 Å². The fourth-order valence-electron chi connectivity index (χ4n) is 12.2. The largest absolute Gasteiger partial charge is 1.00 e. The molecular weight excluding hydrogens is 2270 g/mol. The number of carbonyl (C=O) groups is 5. The summed E-state index contributed by atoms with van der Waals surface area (Å²) in [7, 11) is 3.20. The Morgan fingerprint density at radius 1 is 0.511 bits per heavy atom. The molecule has 6 aromatic carbocycles. The van der Waals surface area contributed by atoms with E-state index in [-0.39, 0.29) is 157 Å². The number of aromatic nitrogens is 1. The summed E-state index contributed by atoms with van der Waals surface area (Å²) in [5, 5.41) is 17.0. The van der Waals surface area contributed by atoms with Crippen molar-refractivity contribution in [2.75, 3.05) is 93.2 Å². The quantitative estimate of drug-likeness (QED) is 0.0364. The molecule has 2 aliphatic carbocycles. The predicted molar refractivity (Wildman–Crippen MR) is 627 cm³/mol. The van der Waals surface area contributed by atoms with Crippen molar-refractivity contribution in [2.24, 2.45) is 17.8 Å². The number of fused-ring (bicyclic) bond motifs is 2. The van der Waals surface area contributed by atoms with Gasteiger partial charge in [-0.1, -0.05) is 389 Å². The number of allylic oxidation sites excluding steroid dienone is 2. The Labute approximate surface area is 922 Å². The topological polar surface area (TPSA) is 159 Å². The van der Waals surface area contributed by atoms with Crippen molar-refractivity contribution in [1.82, 2.24) is 25.0 Å². The number of amides is 2. The molecule has 13 rings (SSSR count). The molecule has 2 saturated carbocycles. The number of pyridine rings is 1. The fraction of sp³-hybridized carbons (Fsp3) is 0.569. The van der Waals surface area contributed by atoms with E-state index in [2.05, 4.69) is 295 Å². The van der Waals surface area contributed by atoms with Crippen molar-refractivity contribution < 1.29 is 77.5 Å². The van der Waals surface area contributed by atoms with Gasteiger partial charge in [-0.15, -0.1) is 69.8 Å². The zero-order valence-corrected chi connectivity index (χ0v) is 91.6. The number of ether oxygens (including phenoxy) is 2. The van der Waals surface area contributed by atoms with E-state index in [0.29, 0.717) is 23.4 Å². The second kappa shape index (κ2) is 103. The maximum atomic E-state index is 12.0. The minimum Gasteiger partial charge on any atom is -0.528 e. The van der Waals surface area contributed by atoms with Crippen LogP contribution in [0.2, 0.25) is 0 Å². The molecule has 21 heteroatoms. The third-order valence-electron chi connectivity index (χ3n) is 19.7. The van der Waals surface area contributed by atoms with Gasteiger partial charge in [0.2, 0.25) is 0 Å². The number of halogens is 6. The molecule has 2 spiro atoms. The second-order valence-electron chi connectivity index (χ2n) is 31.3. The monoisotopic (exact) mass is 2470 g/mol. The number of rotatable bonds is 18. The molecule has 13 nitrogen and oxygen atoms in total. The number of aryl methyl sites for hydroxylation is 4. The van der Waals surface area contributed by atoms with Crippen LogP contribution in [0, 0.1) is 43.7 Å². The summed E-state index contributed by atoms with van der Waals surface area (Å²) in [6.07, 6.45) is 25.9. The van der Waals surface area contributed by atoms with Gasteiger partial charge in [-0.2, -0.15) is 0 Å². The van der Waals surface area contributed by atoms with Crippen LogP contribution in [-0.2, 0) is 71.5 Å². The first-order chi connectivity index (χ1) is 59.1. The number of aliphatic hydroxyl groups is 1. The Morgan fingerprint density at radius 2 is 0.905 bits per heavy atom. The number of aldehydes is 3. The first-order valence-corrected chi connectivity index (χ1v) is 51.0. The maximum Gasteiger partial charge on any atom is 1.00 e. The molecule has 137 heavy (non-hydrogen) atoms. The van der Waals surface area contributed by atoms with Crippen LogP contribution < -0.4 is 14.8 Å². The summed E-state index contributed by atoms with van der Waals surface area (Å²) in [6, 6.07) is 58.2. The molecule has 4 fully saturated rings. The summed E-state index contributed by atoms with van der Waals surface area (Å²) >= 11 is 19.9. The number of benzene rings is 6. The number of nitrogens with one attached hydrogen (secondary N) is 1. The maximum absolute atomic E-state index is 12.0. The van der Waals surface area contributed by atoms with E-state index >= 15 is 0 Å². The van der Waals surface area contributed by atoms with Gasteiger partial charge in [-0.3, -0.25) is 14.6 Å². The third-order valence-corrected chi connectivity index (χ3v) is 23.0. The van der Waals surface area contributed by atoms with E-state index in [1.807, 2.05) is 114 Å². The van der Waals surface area contributed by atoms with Crippen molar-refractivity contribution in [3.8, 4) is 11.5 Å². The van der Waals surface area contributed by atoms with Crippen LogP contribution in [0.3, 0.4) is 0 Å². The molecule has 0 bridgehead atoms. The Bertz CT molecular complexity index is 3840. The van der Waals surface area contributed by atoms with Crippen molar-refractivity contribution in [2.45, 2.75) is 325 Å². The Morgan fingerprint density at radius 3 is 1.23 bits per heavy atom. The van der Waals surface area contributed by atoms with Gasteiger partial charge in [0.05, 0.1) is 0 Å². The minimum absolute atomic E-state index is 0. The van der Waals surface area contributed by atoms with E-state index < -0.39 is 0 Å². The van der Waals surface area contributed by atoms with Gasteiger partial charge >= 0.3 is 39.0 Å². The van der Waals surface area contributed by atoms with Gasteiger partial charge in [0.15, 0.2) is 0 Å². The number of nitrogens with zero attached hydrogens (tertiary/aromatic N) is 4. The smallest absolute Gasteiger partial charge is 0.528 e. The molecule has 4 aliphatic heterocycles. The summed E-state index contributed by atoms with van der Waals surface area (Å²) < 4.78 is 12.7. The third kappa shape index (κ3) is 75.0. The predicted octanol–water partition coefficient (Wildman–Crippen LogP) is 34.6. The molecule has 2 N–H and O–H groups in total. The van der Waals surface area contributed by atoms with Crippen LogP contribution in [0.25, 0.3) is 11.1 Å². The van der Waals surface area contributed by atoms with Crippen LogP contribution in [0.1, 0.15) is 353 Å². The van der Waals surface area contributed by atoms with Crippen LogP contribution in [0.4, 0.5) is 0 Å². The number of aliphatic hydroxyl groups excluding tert-OH is 1. The minimum atomic E-state index is -0.0936.